The molecule has 0 aliphatic heterocycles. The topological polar surface area (TPSA) is 79.0 Å². The Bertz CT molecular complexity index is 514. The number of ether oxygens (including phenoxy) is 1. The second-order valence-electron chi connectivity index (χ2n) is 2.95. The molecular weight excluding hydrogens is 206 g/mol. The van der Waals surface area contributed by atoms with E-state index in [9.17, 15) is 0 Å². The first-order chi connectivity index (χ1) is 7.78. The molecule has 0 bridgehead atoms. The summed E-state index contributed by atoms with van der Waals surface area (Å²) in [5, 5.41) is 17.6. The number of rotatable bonds is 2. The van der Waals surface area contributed by atoms with Crippen LogP contribution in [-0.4, -0.2) is 15.1 Å². The van der Waals surface area contributed by atoms with E-state index in [2.05, 4.69) is 9.97 Å². The molecule has 0 radical (unpaired) electrons. The van der Waals surface area contributed by atoms with Crippen LogP contribution < -0.4 is 4.74 Å². The highest BCUT2D eigenvalue weighted by Gasteiger charge is 1.99. The van der Waals surface area contributed by atoms with Gasteiger partial charge in [0.15, 0.2) is 5.69 Å². The lowest BCUT2D eigenvalue weighted by Crippen LogP contribution is -1.90. The van der Waals surface area contributed by atoms with Gasteiger partial charge in [-0.3, -0.25) is 0 Å². The van der Waals surface area contributed by atoms with Crippen molar-refractivity contribution in [3.05, 3.63) is 42.4 Å². The molecule has 78 valence electrons. The monoisotopic (exact) mass is 213 g/mol. The van der Waals surface area contributed by atoms with Crippen molar-refractivity contribution in [3.8, 4) is 23.4 Å². The first-order valence-electron chi connectivity index (χ1n) is 4.47. The highest BCUT2D eigenvalue weighted by atomic mass is 16.5. The first-order valence-corrected chi connectivity index (χ1v) is 4.47. The number of aromatic hydroxyl groups is 1. The number of benzene rings is 1. The normalized spacial score (nSPS) is 9.44. The molecule has 0 unspecified atom stereocenters. The summed E-state index contributed by atoms with van der Waals surface area (Å²) in [5.74, 6) is 1.000. The van der Waals surface area contributed by atoms with Crippen LogP contribution in [0.15, 0.2) is 36.7 Å². The maximum atomic E-state index is 9.07. The molecule has 0 fully saturated rings. The predicted octanol–water partition coefficient (Wildman–Crippen LogP) is 1.85. The lowest BCUT2D eigenvalue weighted by Gasteiger charge is -2.03. The van der Waals surface area contributed by atoms with E-state index in [4.69, 9.17) is 15.1 Å². The van der Waals surface area contributed by atoms with Crippen LogP contribution in [0, 0.1) is 11.3 Å². The van der Waals surface area contributed by atoms with Gasteiger partial charge in [0.25, 0.3) is 0 Å². The lowest BCUT2D eigenvalue weighted by molar-refractivity contribution is 0.452. The van der Waals surface area contributed by atoms with Crippen molar-refractivity contribution in [1.29, 1.82) is 5.26 Å². The van der Waals surface area contributed by atoms with Crippen LogP contribution in [0.4, 0.5) is 0 Å². The van der Waals surface area contributed by atoms with Gasteiger partial charge in [0.1, 0.15) is 17.6 Å². The molecule has 0 aliphatic carbocycles. The molecular formula is C11H7N3O2. The Morgan fingerprint density at radius 1 is 1.12 bits per heavy atom. The van der Waals surface area contributed by atoms with Crippen LogP contribution in [0.3, 0.4) is 0 Å². The number of hydrogen-bond acceptors (Lipinski definition) is 5. The summed E-state index contributed by atoms with van der Waals surface area (Å²) in [6.07, 6.45) is 2.70. The highest BCUT2D eigenvalue weighted by molar-refractivity contribution is 5.32. The summed E-state index contributed by atoms with van der Waals surface area (Å²) in [6.45, 7) is 0. The van der Waals surface area contributed by atoms with E-state index in [0.29, 0.717) is 11.6 Å². The molecule has 1 aromatic carbocycles. The second kappa shape index (κ2) is 4.28. The van der Waals surface area contributed by atoms with Crippen LogP contribution in [0.5, 0.6) is 17.4 Å². The smallest absolute Gasteiger partial charge is 0.237 e. The SMILES string of the molecule is N#Cc1cnc(Oc2ccc(O)cc2)cn1. The van der Waals surface area contributed by atoms with E-state index in [1.54, 1.807) is 12.1 Å². The quantitative estimate of drug-likeness (QED) is 0.823. The molecule has 0 saturated heterocycles. The molecule has 5 nitrogen and oxygen atoms in total. The molecule has 0 amide bonds. The van der Waals surface area contributed by atoms with E-state index in [-0.39, 0.29) is 11.4 Å². The van der Waals surface area contributed by atoms with Gasteiger partial charge in [-0.2, -0.15) is 5.26 Å². The van der Waals surface area contributed by atoms with Crippen molar-refractivity contribution in [1.82, 2.24) is 9.97 Å². The predicted molar refractivity (Wildman–Crippen MR) is 54.9 cm³/mol. The van der Waals surface area contributed by atoms with Gasteiger partial charge < -0.3 is 9.84 Å². The molecule has 5 heteroatoms. The Balaban J connectivity index is 2.15. The van der Waals surface area contributed by atoms with Crippen molar-refractivity contribution >= 4 is 0 Å². The molecule has 1 aromatic heterocycles. The van der Waals surface area contributed by atoms with Crippen molar-refractivity contribution in [2.45, 2.75) is 0 Å². The number of phenols is 1. The third kappa shape index (κ3) is 2.25. The summed E-state index contributed by atoms with van der Waals surface area (Å²) in [5.41, 5.74) is 0.234. The van der Waals surface area contributed by atoms with E-state index in [1.807, 2.05) is 6.07 Å². The minimum absolute atomic E-state index is 0.165. The van der Waals surface area contributed by atoms with Crippen LogP contribution in [0.2, 0.25) is 0 Å². The molecule has 0 atom stereocenters. The largest absolute Gasteiger partial charge is 0.508 e. The van der Waals surface area contributed by atoms with Gasteiger partial charge in [-0.1, -0.05) is 0 Å². The fraction of sp³-hybridized carbons (Fsp3) is 0. The summed E-state index contributed by atoms with van der Waals surface area (Å²) >= 11 is 0. The van der Waals surface area contributed by atoms with Gasteiger partial charge in [0.2, 0.25) is 5.88 Å². The van der Waals surface area contributed by atoms with Crippen molar-refractivity contribution in [3.63, 3.8) is 0 Å². The number of aromatic nitrogens is 2. The minimum Gasteiger partial charge on any atom is -0.508 e. The molecule has 0 spiro atoms. The zero-order chi connectivity index (χ0) is 11.4. The van der Waals surface area contributed by atoms with Gasteiger partial charge >= 0.3 is 0 Å². The molecule has 0 saturated carbocycles. The average Bonchev–Trinajstić information content (AvgIpc) is 2.33. The van der Waals surface area contributed by atoms with Gasteiger partial charge in [0.05, 0.1) is 12.4 Å². The number of phenolic OH excluding ortho intramolecular Hbond substituents is 1. The van der Waals surface area contributed by atoms with Crippen LogP contribution in [0.25, 0.3) is 0 Å². The Kier molecular flexibility index (Phi) is 2.65. The Labute approximate surface area is 91.6 Å². The maximum absolute atomic E-state index is 9.07. The van der Waals surface area contributed by atoms with E-state index in [1.165, 1.54) is 24.5 Å². The number of nitrogens with zero attached hydrogens (tertiary/aromatic N) is 3. The average molecular weight is 213 g/mol. The molecule has 2 rings (SSSR count). The zero-order valence-electron chi connectivity index (χ0n) is 8.16. The second-order valence-corrected chi connectivity index (χ2v) is 2.95. The Morgan fingerprint density at radius 2 is 1.88 bits per heavy atom. The van der Waals surface area contributed by atoms with Crippen LogP contribution in [-0.2, 0) is 0 Å². The zero-order valence-corrected chi connectivity index (χ0v) is 8.16. The third-order valence-electron chi connectivity index (χ3n) is 1.80. The minimum atomic E-state index is 0.165. The molecule has 1 N–H and O–H groups in total. The highest BCUT2D eigenvalue weighted by Crippen LogP contribution is 2.20. The summed E-state index contributed by atoms with van der Waals surface area (Å²) in [6, 6.07) is 8.09. The third-order valence-corrected chi connectivity index (χ3v) is 1.80. The maximum Gasteiger partial charge on any atom is 0.237 e. The Morgan fingerprint density at radius 3 is 2.44 bits per heavy atom. The van der Waals surface area contributed by atoms with Gasteiger partial charge in [0, 0.05) is 0 Å². The van der Waals surface area contributed by atoms with Crippen LogP contribution >= 0.6 is 0 Å². The number of hydrogen-bond donors (Lipinski definition) is 1. The summed E-state index contributed by atoms with van der Waals surface area (Å²) in [4.78, 5) is 7.71. The molecule has 16 heavy (non-hydrogen) atoms. The summed E-state index contributed by atoms with van der Waals surface area (Å²) < 4.78 is 5.34. The van der Waals surface area contributed by atoms with E-state index in [0.717, 1.165) is 0 Å². The summed E-state index contributed by atoms with van der Waals surface area (Å²) in [7, 11) is 0. The Hall–Kier alpha value is -2.61. The van der Waals surface area contributed by atoms with Crippen molar-refractivity contribution in [2.24, 2.45) is 0 Å². The number of nitriles is 1. The van der Waals surface area contributed by atoms with Crippen molar-refractivity contribution < 1.29 is 9.84 Å². The molecule has 1 heterocycles. The molecule has 2 aromatic rings. The standard InChI is InChI=1S/C11H7N3O2/c12-5-8-6-14-11(7-13-8)16-10-3-1-9(15)2-4-10/h1-4,6-7,15H. The van der Waals surface area contributed by atoms with Gasteiger partial charge in [-0.05, 0) is 24.3 Å². The first kappa shape index (κ1) is 9.93. The van der Waals surface area contributed by atoms with Crippen LogP contribution in [0.1, 0.15) is 5.69 Å². The van der Waals surface area contributed by atoms with Gasteiger partial charge in [-0.15, -0.1) is 0 Å². The van der Waals surface area contributed by atoms with E-state index < -0.39 is 0 Å². The lowest BCUT2D eigenvalue weighted by atomic mass is 10.3. The fourth-order valence-electron chi connectivity index (χ4n) is 1.06. The fourth-order valence-corrected chi connectivity index (χ4v) is 1.06. The molecule has 0 aliphatic rings. The van der Waals surface area contributed by atoms with Crippen molar-refractivity contribution in [2.75, 3.05) is 0 Å². The van der Waals surface area contributed by atoms with E-state index >= 15 is 0 Å². The van der Waals surface area contributed by atoms with Gasteiger partial charge in [-0.25, -0.2) is 9.97 Å².